The van der Waals surface area contributed by atoms with Crippen molar-refractivity contribution in [3.63, 3.8) is 0 Å². The molecule has 2 fully saturated rings. The van der Waals surface area contributed by atoms with Gasteiger partial charge in [0.25, 0.3) is 0 Å². The lowest BCUT2D eigenvalue weighted by molar-refractivity contribution is -0.0694. The molecular weight excluding hydrogens is 224 g/mol. The first-order chi connectivity index (χ1) is 8.84. The van der Waals surface area contributed by atoms with E-state index in [1.54, 1.807) is 0 Å². The molecule has 0 amide bonds. The molecule has 2 saturated heterocycles. The van der Waals surface area contributed by atoms with E-state index in [0.29, 0.717) is 6.04 Å². The van der Waals surface area contributed by atoms with Gasteiger partial charge in [-0.2, -0.15) is 0 Å². The Kier molecular flexibility index (Phi) is 3.64. The summed E-state index contributed by atoms with van der Waals surface area (Å²) in [5.41, 5.74) is 1.42. The molecule has 98 valence electrons. The van der Waals surface area contributed by atoms with Crippen molar-refractivity contribution in [1.82, 2.24) is 10.0 Å². The van der Waals surface area contributed by atoms with Crippen LogP contribution >= 0.6 is 0 Å². The zero-order chi connectivity index (χ0) is 12.4. The molecule has 0 radical (unpaired) electrons. The van der Waals surface area contributed by atoms with E-state index in [9.17, 15) is 5.11 Å². The summed E-state index contributed by atoms with van der Waals surface area (Å²) in [5.74, 6) is 0. The smallest absolute Gasteiger partial charge is 0.0694 e. The standard InChI is InChI=1S/C15H22N2O/c18-14-9-11-16(12-14)17-10-5-4-8-15(17)13-6-2-1-3-7-13/h1-3,6-7,14-15,18H,4-5,8-12H2. The fraction of sp³-hybridized carbons (Fsp3) is 0.600. The van der Waals surface area contributed by atoms with Gasteiger partial charge in [-0.25, -0.2) is 10.0 Å². The molecule has 0 spiro atoms. The van der Waals surface area contributed by atoms with E-state index in [0.717, 1.165) is 26.1 Å². The van der Waals surface area contributed by atoms with Gasteiger partial charge in [-0.15, -0.1) is 0 Å². The van der Waals surface area contributed by atoms with Gasteiger partial charge < -0.3 is 5.11 Å². The van der Waals surface area contributed by atoms with Crippen molar-refractivity contribution in [3.8, 4) is 0 Å². The van der Waals surface area contributed by atoms with Gasteiger partial charge >= 0.3 is 0 Å². The number of β-amino-alcohol motifs (C(OH)–C–C–N with tert-alkyl or cyclic N) is 1. The molecule has 0 aliphatic carbocycles. The van der Waals surface area contributed by atoms with E-state index in [-0.39, 0.29) is 6.10 Å². The number of aliphatic hydroxyl groups excluding tert-OH is 1. The molecule has 3 heteroatoms. The van der Waals surface area contributed by atoms with Gasteiger partial charge in [-0.3, -0.25) is 0 Å². The van der Waals surface area contributed by atoms with E-state index < -0.39 is 0 Å². The predicted molar refractivity (Wildman–Crippen MR) is 71.9 cm³/mol. The summed E-state index contributed by atoms with van der Waals surface area (Å²) in [4.78, 5) is 0. The summed E-state index contributed by atoms with van der Waals surface area (Å²) in [7, 11) is 0. The molecule has 1 N–H and O–H groups in total. The summed E-state index contributed by atoms with van der Waals surface area (Å²) in [6.07, 6.45) is 4.60. The minimum absolute atomic E-state index is 0.136. The second kappa shape index (κ2) is 5.39. The van der Waals surface area contributed by atoms with Crippen LogP contribution in [-0.4, -0.2) is 40.9 Å². The molecule has 2 aliphatic heterocycles. The van der Waals surface area contributed by atoms with Crippen molar-refractivity contribution in [2.75, 3.05) is 19.6 Å². The Labute approximate surface area is 109 Å². The molecule has 1 aromatic carbocycles. The summed E-state index contributed by atoms with van der Waals surface area (Å²) >= 11 is 0. The van der Waals surface area contributed by atoms with Crippen LogP contribution in [0.25, 0.3) is 0 Å². The second-order valence-corrected chi connectivity index (χ2v) is 5.44. The summed E-state index contributed by atoms with van der Waals surface area (Å²) < 4.78 is 0. The molecule has 3 nitrogen and oxygen atoms in total. The molecular formula is C15H22N2O. The summed E-state index contributed by atoms with van der Waals surface area (Å²) in [5, 5.41) is 14.6. The highest BCUT2D eigenvalue weighted by atomic mass is 16.3. The number of nitrogens with zero attached hydrogens (tertiary/aromatic N) is 2. The van der Waals surface area contributed by atoms with E-state index in [1.165, 1.54) is 24.8 Å². The first-order valence-electron chi connectivity index (χ1n) is 7.09. The van der Waals surface area contributed by atoms with Crippen LogP contribution < -0.4 is 0 Å². The average Bonchev–Trinajstić information content (AvgIpc) is 2.86. The number of hydrogen-bond donors (Lipinski definition) is 1. The van der Waals surface area contributed by atoms with E-state index in [1.807, 2.05) is 0 Å². The Morgan fingerprint density at radius 1 is 1.00 bits per heavy atom. The van der Waals surface area contributed by atoms with Crippen LogP contribution in [0.4, 0.5) is 0 Å². The van der Waals surface area contributed by atoms with Crippen LogP contribution in [0.15, 0.2) is 30.3 Å². The van der Waals surface area contributed by atoms with Gasteiger partial charge in [-0.1, -0.05) is 36.8 Å². The van der Waals surface area contributed by atoms with Crippen molar-refractivity contribution < 1.29 is 5.11 Å². The fourth-order valence-electron chi connectivity index (χ4n) is 3.23. The molecule has 18 heavy (non-hydrogen) atoms. The van der Waals surface area contributed by atoms with Gasteiger partial charge in [-0.05, 0) is 24.8 Å². The number of aliphatic hydroxyl groups is 1. The van der Waals surface area contributed by atoms with Crippen molar-refractivity contribution in [2.24, 2.45) is 0 Å². The first kappa shape index (κ1) is 12.2. The molecule has 2 unspecified atom stereocenters. The molecule has 0 saturated carbocycles. The van der Waals surface area contributed by atoms with Crippen molar-refractivity contribution in [2.45, 2.75) is 37.8 Å². The van der Waals surface area contributed by atoms with Gasteiger partial charge in [0.2, 0.25) is 0 Å². The van der Waals surface area contributed by atoms with E-state index in [4.69, 9.17) is 0 Å². The van der Waals surface area contributed by atoms with Crippen molar-refractivity contribution >= 4 is 0 Å². The predicted octanol–water partition coefficient (Wildman–Crippen LogP) is 2.20. The SMILES string of the molecule is OC1CCN(N2CCCCC2c2ccccc2)C1. The highest BCUT2D eigenvalue weighted by Crippen LogP contribution is 2.33. The Hall–Kier alpha value is -0.900. The third-order valence-electron chi connectivity index (χ3n) is 4.16. The Bertz CT molecular complexity index is 381. The molecule has 2 aliphatic rings. The monoisotopic (exact) mass is 246 g/mol. The molecule has 0 aromatic heterocycles. The minimum Gasteiger partial charge on any atom is -0.392 e. The fourth-order valence-corrected chi connectivity index (χ4v) is 3.23. The Balaban J connectivity index is 1.78. The maximum atomic E-state index is 9.72. The summed E-state index contributed by atoms with van der Waals surface area (Å²) in [6, 6.07) is 11.3. The van der Waals surface area contributed by atoms with Crippen LogP contribution in [0, 0.1) is 0 Å². The maximum Gasteiger partial charge on any atom is 0.0694 e. The lowest BCUT2D eigenvalue weighted by atomic mass is 9.97. The minimum atomic E-state index is -0.136. The zero-order valence-electron chi connectivity index (χ0n) is 10.8. The molecule has 2 heterocycles. The van der Waals surface area contributed by atoms with Crippen LogP contribution in [-0.2, 0) is 0 Å². The maximum absolute atomic E-state index is 9.72. The highest BCUT2D eigenvalue weighted by molar-refractivity contribution is 5.19. The van der Waals surface area contributed by atoms with Crippen LogP contribution in [0.1, 0.15) is 37.3 Å². The first-order valence-corrected chi connectivity index (χ1v) is 7.09. The van der Waals surface area contributed by atoms with Crippen LogP contribution in [0.2, 0.25) is 0 Å². The van der Waals surface area contributed by atoms with Crippen molar-refractivity contribution in [1.29, 1.82) is 0 Å². The van der Waals surface area contributed by atoms with Gasteiger partial charge in [0, 0.05) is 25.7 Å². The molecule has 3 rings (SSSR count). The molecule has 2 atom stereocenters. The molecule has 1 aromatic rings. The molecule has 0 bridgehead atoms. The number of rotatable bonds is 2. The average molecular weight is 246 g/mol. The number of hydrazine groups is 1. The van der Waals surface area contributed by atoms with E-state index in [2.05, 4.69) is 40.3 Å². The second-order valence-electron chi connectivity index (χ2n) is 5.44. The van der Waals surface area contributed by atoms with E-state index >= 15 is 0 Å². The van der Waals surface area contributed by atoms with Crippen LogP contribution in [0.3, 0.4) is 0 Å². The number of benzene rings is 1. The highest BCUT2D eigenvalue weighted by Gasteiger charge is 2.32. The quantitative estimate of drug-likeness (QED) is 0.866. The normalized spacial score (nSPS) is 30.7. The summed E-state index contributed by atoms with van der Waals surface area (Å²) in [6.45, 7) is 2.94. The van der Waals surface area contributed by atoms with Gasteiger partial charge in [0.05, 0.1) is 6.10 Å². The van der Waals surface area contributed by atoms with Crippen LogP contribution in [0.5, 0.6) is 0 Å². The largest absolute Gasteiger partial charge is 0.392 e. The lowest BCUT2D eigenvalue weighted by Gasteiger charge is -2.41. The zero-order valence-corrected chi connectivity index (χ0v) is 10.8. The number of piperidine rings is 1. The Morgan fingerprint density at radius 3 is 2.56 bits per heavy atom. The number of hydrogen-bond acceptors (Lipinski definition) is 3. The van der Waals surface area contributed by atoms with Gasteiger partial charge in [0.15, 0.2) is 0 Å². The third kappa shape index (κ3) is 2.44. The lowest BCUT2D eigenvalue weighted by Crippen LogP contribution is -2.46. The topological polar surface area (TPSA) is 26.7 Å². The third-order valence-corrected chi connectivity index (χ3v) is 4.16. The Morgan fingerprint density at radius 2 is 1.83 bits per heavy atom. The van der Waals surface area contributed by atoms with Crippen molar-refractivity contribution in [3.05, 3.63) is 35.9 Å². The van der Waals surface area contributed by atoms with Gasteiger partial charge in [0.1, 0.15) is 0 Å².